The van der Waals surface area contributed by atoms with E-state index in [1.807, 2.05) is 13.8 Å². The molecule has 0 saturated carbocycles. The zero-order chi connectivity index (χ0) is 22.1. The first-order valence-electron chi connectivity index (χ1n) is 10.9. The minimum Gasteiger partial charge on any atom is -0.391 e. The third kappa shape index (κ3) is 7.59. The van der Waals surface area contributed by atoms with Crippen molar-refractivity contribution in [3.8, 4) is 0 Å². The first-order chi connectivity index (χ1) is 13.6. The maximum Gasteiger partial charge on any atom is 0.336 e. The molecule has 4 unspecified atom stereocenters. The first-order valence-corrected chi connectivity index (χ1v) is 10.9. The number of aliphatic hydroxyl groups is 2. The molecule has 1 aromatic heterocycles. The number of aromatic nitrogens is 3. The minimum atomic E-state index is -0.855. The third-order valence-corrected chi connectivity index (χ3v) is 5.46. The Morgan fingerprint density at radius 2 is 1.21 bits per heavy atom. The summed E-state index contributed by atoms with van der Waals surface area (Å²) in [6, 6.07) is 0. The van der Waals surface area contributed by atoms with Crippen LogP contribution in [-0.4, -0.2) is 36.1 Å². The molecule has 4 atom stereocenters. The molecule has 2 N–H and O–H groups in total. The Balaban J connectivity index is 3.04. The van der Waals surface area contributed by atoms with Gasteiger partial charge in [-0.3, -0.25) is 0 Å². The van der Waals surface area contributed by atoms with Gasteiger partial charge in [0, 0.05) is 7.05 Å². The van der Waals surface area contributed by atoms with Crippen molar-refractivity contribution in [3.63, 3.8) is 0 Å². The SMILES string of the molecule is CCCCC(C)CC(O)Cn1c(=O)n(C)c(=O)n(CC(O)CC(C)CCC)c1=O. The van der Waals surface area contributed by atoms with Crippen molar-refractivity contribution in [2.75, 3.05) is 0 Å². The second-order valence-electron chi connectivity index (χ2n) is 8.55. The molecule has 0 radical (unpaired) electrons. The van der Waals surface area contributed by atoms with Gasteiger partial charge in [0.15, 0.2) is 0 Å². The molecule has 0 amide bonds. The van der Waals surface area contributed by atoms with E-state index < -0.39 is 29.3 Å². The van der Waals surface area contributed by atoms with Gasteiger partial charge in [-0.1, -0.05) is 59.8 Å². The van der Waals surface area contributed by atoms with E-state index in [-0.39, 0.29) is 24.9 Å². The summed E-state index contributed by atoms with van der Waals surface area (Å²) < 4.78 is 2.66. The summed E-state index contributed by atoms with van der Waals surface area (Å²) in [6.45, 7) is 7.90. The highest BCUT2D eigenvalue weighted by Crippen LogP contribution is 2.15. The van der Waals surface area contributed by atoms with E-state index >= 15 is 0 Å². The predicted molar refractivity (Wildman–Crippen MR) is 114 cm³/mol. The van der Waals surface area contributed by atoms with Crippen LogP contribution in [0.15, 0.2) is 14.4 Å². The quantitative estimate of drug-likeness (QED) is 0.509. The van der Waals surface area contributed by atoms with Gasteiger partial charge in [-0.25, -0.2) is 28.1 Å². The molecular weight excluding hydrogens is 374 g/mol. The molecule has 0 aliphatic carbocycles. The Bertz CT molecular complexity index is 795. The highest BCUT2D eigenvalue weighted by molar-refractivity contribution is 4.80. The standard InChI is InChI=1S/C21H39N3O5/c1-6-8-10-16(4)12-18(26)14-24-20(28)22(5)19(27)23(21(24)29)13-17(25)11-15(3)9-7-2/h15-18,25-26H,6-14H2,1-5H3. The number of rotatable bonds is 13. The van der Waals surface area contributed by atoms with E-state index in [1.165, 1.54) is 7.05 Å². The van der Waals surface area contributed by atoms with Gasteiger partial charge in [0.25, 0.3) is 0 Å². The molecule has 8 nitrogen and oxygen atoms in total. The van der Waals surface area contributed by atoms with Gasteiger partial charge in [-0.2, -0.15) is 0 Å². The average Bonchev–Trinajstić information content (AvgIpc) is 2.65. The lowest BCUT2D eigenvalue weighted by molar-refractivity contribution is 0.111. The Labute approximate surface area is 172 Å². The van der Waals surface area contributed by atoms with Crippen LogP contribution in [0.3, 0.4) is 0 Å². The Morgan fingerprint density at radius 3 is 1.62 bits per heavy atom. The topological polar surface area (TPSA) is 106 Å². The Kier molecular flexibility index (Phi) is 10.6. The summed E-state index contributed by atoms with van der Waals surface area (Å²) in [5.74, 6) is 0.546. The van der Waals surface area contributed by atoms with Crippen LogP contribution >= 0.6 is 0 Å². The van der Waals surface area contributed by atoms with Crippen molar-refractivity contribution in [1.82, 2.24) is 13.7 Å². The van der Waals surface area contributed by atoms with Gasteiger partial charge in [0.05, 0.1) is 25.3 Å². The summed E-state index contributed by atoms with van der Waals surface area (Å²) >= 11 is 0. The number of hydrogen-bond donors (Lipinski definition) is 2. The maximum atomic E-state index is 12.8. The fourth-order valence-corrected chi connectivity index (χ4v) is 3.85. The molecule has 0 spiro atoms. The van der Waals surface area contributed by atoms with E-state index in [0.717, 1.165) is 45.8 Å². The fourth-order valence-electron chi connectivity index (χ4n) is 3.85. The number of unbranched alkanes of at least 4 members (excludes halogenated alkanes) is 1. The molecule has 0 aliphatic heterocycles. The second kappa shape index (κ2) is 12.1. The van der Waals surface area contributed by atoms with Crippen LogP contribution < -0.4 is 17.1 Å². The normalized spacial score (nSPS) is 15.8. The molecular formula is C21H39N3O5. The summed E-state index contributed by atoms with van der Waals surface area (Å²) in [5, 5.41) is 20.7. The summed E-state index contributed by atoms with van der Waals surface area (Å²) in [7, 11) is 1.31. The first kappa shape index (κ1) is 25.4. The van der Waals surface area contributed by atoms with Crippen LogP contribution in [0, 0.1) is 11.8 Å². The largest absolute Gasteiger partial charge is 0.391 e. The highest BCUT2D eigenvalue weighted by Gasteiger charge is 2.20. The van der Waals surface area contributed by atoms with Crippen molar-refractivity contribution in [2.45, 2.75) is 97.9 Å². The van der Waals surface area contributed by atoms with Crippen molar-refractivity contribution >= 4 is 0 Å². The molecule has 1 rings (SSSR count). The van der Waals surface area contributed by atoms with E-state index in [4.69, 9.17) is 0 Å². The number of aliphatic hydroxyl groups excluding tert-OH is 2. The monoisotopic (exact) mass is 413 g/mol. The second-order valence-corrected chi connectivity index (χ2v) is 8.55. The van der Waals surface area contributed by atoms with Crippen molar-refractivity contribution in [2.24, 2.45) is 18.9 Å². The summed E-state index contributed by atoms with van der Waals surface area (Å²) in [5.41, 5.74) is -2.27. The van der Waals surface area contributed by atoms with E-state index in [1.54, 1.807) is 0 Å². The number of hydrogen-bond acceptors (Lipinski definition) is 5. The molecule has 8 heteroatoms. The molecule has 0 fully saturated rings. The Hall–Kier alpha value is -1.67. The molecule has 0 saturated heterocycles. The summed E-state index contributed by atoms with van der Waals surface area (Å²) in [6.07, 6.45) is 4.30. The van der Waals surface area contributed by atoms with Gasteiger partial charge in [0.2, 0.25) is 0 Å². The third-order valence-electron chi connectivity index (χ3n) is 5.46. The molecule has 29 heavy (non-hydrogen) atoms. The van der Waals surface area contributed by atoms with Crippen LogP contribution in [0.2, 0.25) is 0 Å². The fraction of sp³-hybridized carbons (Fsp3) is 0.857. The smallest absolute Gasteiger partial charge is 0.336 e. The van der Waals surface area contributed by atoms with Crippen LogP contribution in [-0.2, 0) is 20.1 Å². The lowest BCUT2D eigenvalue weighted by Gasteiger charge is -2.20. The van der Waals surface area contributed by atoms with E-state index in [9.17, 15) is 24.6 Å². The molecule has 1 aromatic rings. The zero-order valence-corrected chi connectivity index (χ0v) is 18.6. The Morgan fingerprint density at radius 1 is 0.759 bits per heavy atom. The van der Waals surface area contributed by atoms with Gasteiger partial charge >= 0.3 is 17.1 Å². The van der Waals surface area contributed by atoms with Crippen molar-refractivity contribution in [3.05, 3.63) is 31.5 Å². The van der Waals surface area contributed by atoms with Gasteiger partial charge in [-0.05, 0) is 24.7 Å². The predicted octanol–water partition coefficient (Wildman–Crippen LogP) is 1.47. The molecule has 0 aromatic carbocycles. The van der Waals surface area contributed by atoms with E-state index in [0.29, 0.717) is 12.8 Å². The molecule has 0 bridgehead atoms. The lowest BCUT2D eigenvalue weighted by atomic mass is 9.97. The van der Waals surface area contributed by atoms with Gasteiger partial charge < -0.3 is 10.2 Å². The van der Waals surface area contributed by atoms with Gasteiger partial charge in [-0.15, -0.1) is 0 Å². The van der Waals surface area contributed by atoms with Gasteiger partial charge in [0.1, 0.15) is 0 Å². The lowest BCUT2D eigenvalue weighted by Crippen LogP contribution is -2.55. The van der Waals surface area contributed by atoms with Crippen LogP contribution in [0.25, 0.3) is 0 Å². The highest BCUT2D eigenvalue weighted by atomic mass is 16.3. The van der Waals surface area contributed by atoms with Crippen LogP contribution in [0.5, 0.6) is 0 Å². The number of nitrogens with zero attached hydrogens (tertiary/aromatic N) is 3. The van der Waals surface area contributed by atoms with Crippen molar-refractivity contribution in [1.29, 1.82) is 0 Å². The zero-order valence-electron chi connectivity index (χ0n) is 18.6. The summed E-state index contributed by atoms with van der Waals surface area (Å²) in [4.78, 5) is 37.7. The molecule has 1 heterocycles. The molecule has 0 aliphatic rings. The van der Waals surface area contributed by atoms with Crippen LogP contribution in [0.4, 0.5) is 0 Å². The van der Waals surface area contributed by atoms with Crippen LogP contribution in [0.1, 0.15) is 72.6 Å². The minimum absolute atomic E-state index is 0.162. The average molecular weight is 414 g/mol. The maximum absolute atomic E-state index is 12.8. The van der Waals surface area contributed by atoms with Crippen molar-refractivity contribution < 1.29 is 10.2 Å². The molecule has 168 valence electrons. The van der Waals surface area contributed by atoms with E-state index in [2.05, 4.69) is 13.8 Å².